The molecule has 2 atom stereocenters. The summed E-state index contributed by atoms with van der Waals surface area (Å²) in [5.74, 6) is 1.82. The van der Waals surface area contributed by atoms with Gasteiger partial charge in [0, 0.05) is 63.8 Å². The highest BCUT2D eigenvalue weighted by Gasteiger charge is 2.29. The lowest BCUT2D eigenvalue weighted by atomic mass is 9.97. The van der Waals surface area contributed by atoms with Gasteiger partial charge in [-0.05, 0) is 53.8 Å². The molecular formula is C40H43F2N3O9. The molecule has 0 spiro atoms. The number of rotatable bonds is 18. The molecule has 3 aromatic carbocycles. The standard InChI is InChI=1S/C40H43F2N3O9/c1-25(49)44-34(21-26-9-4-2-5-10-26)39(51)45-33(38(50)43-13-16-48)22-27-17-29(11-6-3-7-14-46)37-32(20-27)36(35(54-37)12-8-15-47)40(52)53-24-28-18-30(41)23-31(42)19-28/h2,4-5,9-10,17-20,23,33-34,46-48H,3,7-8,12-16,21-22,24H2,1H3,(H,43,50)(H,44,49)(H,45,51)/t33-,34-/m0/s1. The average Bonchev–Trinajstić information content (AvgIpc) is 3.51. The number of hydrogen-bond donors (Lipinski definition) is 6. The number of aryl methyl sites for hydroxylation is 1. The van der Waals surface area contributed by atoms with Crippen molar-refractivity contribution in [3.05, 3.63) is 106 Å². The first-order chi connectivity index (χ1) is 26.0. The zero-order chi connectivity index (χ0) is 39.0. The summed E-state index contributed by atoms with van der Waals surface area (Å²) in [6.07, 6.45) is 1.05. The highest BCUT2D eigenvalue weighted by Crippen LogP contribution is 2.32. The Kier molecular flexibility index (Phi) is 15.7. The Bertz CT molecular complexity index is 1970. The molecule has 0 saturated carbocycles. The monoisotopic (exact) mass is 747 g/mol. The van der Waals surface area contributed by atoms with Crippen molar-refractivity contribution in [2.45, 2.75) is 64.1 Å². The summed E-state index contributed by atoms with van der Waals surface area (Å²) < 4.78 is 39.3. The lowest BCUT2D eigenvalue weighted by Crippen LogP contribution is -2.55. The van der Waals surface area contributed by atoms with Gasteiger partial charge >= 0.3 is 5.97 Å². The van der Waals surface area contributed by atoms with Crippen LogP contribution in [0.4, 0.5) is 8.78 Å². The molecule has 4 rings (SSSR count). The van der Waals surface area contributed by atoms with Gasteiger partial charge in [-0.15, -0.1) is 0 Å². The lowest BCUT2D eigenvalue weighted by Gasteiger charge is -2.23. The van der Waals surface area contributed by atoms with Crippen molar-refractivity contribution in [1.29, 1.82) is 0 Å². The summed E-state index contributed by atoms with van der Waals surface area (Å²) in [4.78, 5) is 52.9. The first-order valence-electron chi connectivity index (χ1n) is 17.4. The molecule has 286 valence electrons. The van der Waals surface area contributed by atoms with Crippen LogP contribution in [0.15, 0.2) is 65.1 Å². The Morgan fingerprint density at radius 1 is 0.815 bits per heavy atom. The van der Waals surface area contributed by atoms with Gasteiger partial charge in [0.05, 0.1) is 12.2 Å². The van der Waals surface area contributed by atoms with Crippen LogP contribution in [0, 0.1) is 23.5 Å². The van der Waals surface area contributed by atoms with Gasteiger partial charge < -0.3 is 40.4 Å². The number of hydrogen-bond acceptors (Lipinski definition) is 9. The van der Waals surface area contributed by atoms with Crippen LogP contribution in [0.25, 0.3) is 11.0 Å². The number of aliphatic hydroxyl groups is 3. The van der Waals surface area contributed by atoms with E-state index >= 15 is 0 Å². The number of ether oxygens (including phenoxy) is 1. The summed E-state index contributed by atoms with van der Waals surface area (Å²) in [6, 6.07) is 12.7. The van der Waals surface area contributed by atoms with Crippen molar-refractivity contribution in [3.8, 4) is 11.8 Å². The van der Waals surface area contributed by atoms with Crippen LogP contribution >= 0.6 is 0 Å². The molecule has 1 heterocycles. The van der Waals surface area contributed by atoms with Crippen molar-refractivity contribution >= 4 is 34.7 Å². The Morgan fingerprint density at radius 2 is 1.50 bits per heavy atom. The van der Waals surface area contributed by atoms with E-state index in [1.807, 2.05) is 6.07 Å². The van der Waals surface area contributed by atoms with Crippen molar-refractivity contribution in [3.63, 3.8) is 0 Å². The number of carbonyl (C=O) groups is 4. The number of aliphatic hydroxyl groups excluding tert-OH is 3. The van der Waals surface area contributed by atoms with Crippen LogP contribution in [0.1, 0.15) is 64.6 Å². The van der Waals surface area contributed by atoms with Gasteiger partial charge in [-0.1, -0.05) is 42.2 Å². The summed E-state index contributed by atoms with van der Waals surface area (Å²) in [5.41, 5.74) is 1.76. The van der Waals surface area contributed by atoms with Crippen molar-refractivity contribution < 1.29 is 52.4 Å². The van der Waals surface area contributed by atoms with Crippen LogP contribution < -0.4 is 16.0 Å². The Hall–Kier alpha value is -5.62. The summed E-state index contributed by atoms with van der Waals surface area (Å²) in [5, 5.41) is 36.4. The second kappa shape index (κ2) is 20.6. The maximum Gasteiger partial charge on any atom is 0.342 e. The third kappa shape index (κ3) is 12.0. The zero-order valence-electron chi connectivity index (χ0n) is 29.8. The van der Waals surface area contributed by atoms with Gasteiger partial charge in [-0.3, -0.25) is 14.4 Å². The number of benzene rings is 3. The van der Waals surface area contributed by atoms with Gasteiger partial charge in [0.25, 0.3) is 0 Å². The zero-order valence-corrected chi connectivity index (χ0v) is 29.8. The van der Waals surface area contributed by atoms with Gasteiger partial charge in [0.1, 0.15) is 41.6 Å². The van der Waals surface area contributed by atoms with E-state index in [2.05, 4.69) is 27.8 Å². The SMILES string of the molecule is CC(=O)N[C@@H](Cc1ccccc1)C(=O)N[C@@H](Cc1cc(C#CCCCO)c2oc(CCCO)c(C(=O)OCc3cc(F)cc(F)c3)c2c1)C(=O)NCCO. The minimum Gasteiger partial charge on any atom is -0.459 e. The van der Waals surface area contributed by atoms with Gasteiger partial charge in [0.15, 0.2) is 5.58 Å². The fourth-order valence-corrected chi connectivity index (χ4v) is 5.72. The number of nitrogens with one attached hydrogen (secondary N) is 3. The molecular weight excluding hydrogens is 704 g/mol. The highest BCUT2D eigenvalue weighted by atomic mass is 19.1. The molecule has 14 heteroatoms. The molecule has 0 aliphatic heterocycles. The molecule has 6 N–H and O–H groups in total. The fraction of sp³-hybridized carbons (Fsp3) is 0.350. The fourth-order valence-electron chi connectivity index (χ4n) is 5.72. The molecule has 0 saturated heterocycles. The van der Waals surface area contributed by atoms with E-state index in [1.54, 1.807) is 36.4 Å². The van der Waals surface area contributed by atoms with E-state index < -0.39 is 54.0 Å². The molecule has 0 aliphatic rings. The number of halogens is 2. The average molecular weight is 748 g/mol. The first kappa shape index (κ1) is 41.1. The van der Waals surface area contributed by atoms with E-state index in [0.717, 1.165) is 17.7 Å². The van der Waals surface area contributed by atoms with Crippen LogP contribution in [0.2, 0.25) is 0 Å². The van der Waals surface area contributed by atoms with Crippen molar-refractivity contribution in [2.75, 3.05) is 26.4 Å². The maximum absolute atomic E-state index is 13.9. The van der Waals surface area contributed by atoms with Gasteiger partial charge in [-0.2, -0.15) is 0 Å². The second-order valence-corrected chi connectivity index (χ2v) is 12.5. The largest absolute Gasteiger partial charge is 0.459 e. The van der Waals surface area contributed by atoms with E-state index in [9.17, 15) is 43.3 Å². The van der Waals surface area contributed by atoms with Gasteiger partial charge in [-0.25, -0.2) is 13.6 Å². The number of furan rings is 1. The van der Waals surface area contributed by atoms with E-state index in [0.29, 0.717) is 30.0 Å². The van der Waals surface area contributed by atoms with E-state index in [1.165, 1.54) is 6.92 Å². The topological polar surface area (TPSA) is 187 Å². The van der Waals surface area contributed by atoms with Crippen molar-refractivity contribution in [1.82, 2.24) is 16.0 Å². The molecule has 54 heavy (non-hydrogen) atoms. The molecule has 12 nitrogen and oxygen atoms in total. The molecule has 4 aromatic rings. The minimum absolute atomic E-state index is 0.0190. The normalized spacial score (nSPS) is 12.0. The quantitative estimate of drug-likeness (QED) is 0.0506. The van der Waals surface area contributed by atoms with E-state index in [-0.39, 0.29) is 79.9 Å². The Morgan fingerprint density at radius 3 is 2.17 bits per heavy atom. The summed E-state index contributed by atoms with van der Waals surface area (Å²) >= 11 is 0. The summed E-state index contributed by atoms with van der Waals surface area (Å²) in [6.45, 7) is 0.0230. The molecule has 0 aliphatic carbocycles. The number of esters is 1. The minimum atomic E-state index is -1.23. The number of fused-ring (bicyclic) bond motifs is 1. The molecule has 3 amide bonds. The van der Waals surface area contributed by atoms with Crippen LogP contribution in [0.5, 0.6) is 0 Å². The number of amides is 3. The number of carbonyl (C=O) groups excluding carboxylic acids is 4. The Balaban J connectivity index is 1.77. The number of unbranched alkanes of at least 4 members (excludes halogenated alkanes) is 1. The maximum atomic E-state index is 13.9. The van der Waals surface area contributed by atoms with Crippen LogP contribution in [-0.4, -0.2) is 77.5 Å². The van der Waals surface area contributed by atoms with Crippen LogP contribution in [-0.2, 0) is 45.0 Å². The van der Waals surface area contributed by atoms with E-state index in [4.69, 9.17) is 9.15 Å². The summed E-state index contributed by atoms with van der Waals surface area (Å²) in [7, 11) is 0. The predicted octanol–water partition coefficient (Wildman–Crippen LogP) is 3.00. The smallest absolute Gasteiger partial charge is 0.342 e. The molecule has 0 unspecified atom stereocenters. The lowest BCUT2D eigenvalue weighted by molar-refractivity contribution is -0.131. The second-order valence-electron chi connectivity index (χ2n) is 12.5. The van der Waals surface area contributed by atoms with Gasteiger partial charge in [0.2, 0.25) is 17.7 Å². The Labute approximate surface area is 310 Å². The van der Waals surface area contributed by atoms with Crippen LogP contribution in [0.3, 0.4) is 0 Å². The third-order valence-electron chi connectivity index (χ3n) is 8.12. The third-order valence-corrected chi connectivity index (χ3v) is 8.12. The molecule has 0 radical (unpaired) electrons. The predicted molar refractivity (Wildman–Crippen MR) is 194 cm³/mol. The molecule has 0 bridgehead atoms. The first-order valence-corrected chi connectivity index (χ1v) is 17.4. The highest BCUT2D eigenvalue weighted by molar-refractivity contribution is 6.06. The van der Waals surface area contributed by atoms with Crippen molar-refractivity contribution in [2.24, 2.45) is 0 Å². The molecule has 0 fully saturated rings. The molecule has 1 aromatic heterocycles.